The van der Waals surface area contributed by atoms with E-state index in [1.165, 1.54) is 25.7 Å². The van der Waals surface area contributed by atoms with Crippen LogP contribution < -0.4 is 5.73 Å². The average Bonchev–Trinajstić information content (AvgIpc) is 3.02. The van der Waals surface area contributed by atoms with Gasteiger partial charge in [0.2, 0.25) is 11.8 Å². The highest BCUT2D eigenvalue weighted by Crippen LogP contribution is 2.28. The van der Waals surface area contributed by atoms with Crippen LogP contribution in [-0.2, 0) is 9.59 Å². The summed E-state index contributed by atoms with van der Waals surface area (Å²) in [6, 6.07) is 8.86. The number of nitrogens with zero attached hydrogens (tertiary/aromatic N) is 2. The normalized spacial score (nSPS) is 20.4. The van der Waals surface area contributed by atoms with Gasteiger partial charge < -0.3 is 15.5 Å². The minimum Gasteiger partial charge on any atom is -0.341 e. The minimum atomic E-state index is -0.623. The van der Waals surface area contributed by atoms with Crippen LogP contribution in [0, 0.1) is 5.92 Å². The van der Waals surface area contributed by atoms with Crippen LogP contribution in [0.15, 0.2) is 30.3 Å². The molecule has 1 saturated heterocycles. The summed E-state index contributed by atoms with van der Waals surface area (Å²) in [6.45, 7) is 2.62. The first-order chi connectivity index (χ1) is 12.1. The molecule has 2 aliphatic rings. The molecular formula is C20H29N3O2. The highest BCUT2D eigenvalue weighted by atomic mass is 16.2. The van der Waals surface area contributed by atoms with Crippen molar-refractivity contribution in [1.82, 2.24) is 9.80 Å². The van der Waals surface area contributed by atoms with Gasteiger partial charge in [0.1, 0.15) is 6.04 Å². The van der Waals surface area contributed by atoms with Gasteiger partial charge in [0.05, 0.1) is 0 Å². The van der Waals surface area contributed by atoms with E-state index in [0.717, 1.165) is 18.5 Å². The standard InChI is InChI=1S/C20H29N3O2/c21-19(17-9-2-1-3-10-17)20(25)23-12-6-11-22(13-14-23)18(24)15-16-7-4-5-8-16/h1-3,9-10,16,19H,4-8,11-15,21H2. The van der Waals surface area contributed by atoms with Crippen LogP contribution in [0.1, 0.15) is 50.1 Å². The number of amides is 2. The van der Waals surface area contributed by atoms with Gasteiger partial charge >= 0.3 is 0 Å². The topological polar surface area (TPSA) is 66.6 Å². The van der Waals surface area contributed by atoms with Crippen LogP contribution in [0.4, 0.5) is 0 Å². The maximum atomic E-state index is 12.7. The maximum Gasteiger partial charge on any atom is 0.244 e. The molecule has 1 unspecified atom stereocenters. The second-order valence-corrected chi connectivity index (χ2v) is 7.30. The maximum absolute atomic E-state index is 12.7. The molecule has 1 aromatic rings. The number of nitrogens with two attached hydrogens (primary N) is 1. The fourth-order valence-corrected chi connectivity index (χ4v) is 3.98. The summed E-state index contributed by atoms with van der Waals surface area (Å²) >= 11 is 0. The first-order valence-electron chi connectivity index (χ1n) is 9.52. The first-order valence-corrected chi connectivity index (χ1v) is 9.52. The van der Waals surface area contributed by atoms with E-state index in [4.69, 9.17) is 5.73 Å². The molecule has 0 aromatic heterocycles. The highest BCUT2D eigenvalue weighted by Gasteiger charge is 2.27. The zero-order chi connectivity index (χ0) is 17.6. The lowest BCUT2D eigenvalue weighted by atomic mass is 10.0. The number of hydrogen-bond donors (Lipinski definition) is 1. The Morgan fingerprint density at radius 1 is 0.960 bits per heavy atom. The summed E-state index contributed by atoms with van der Waals surface area (Å²) in [6.07, 6.45) is 6.41. The Hall–Kier alpha value is -1.88. The van der Waals surface area contributed by atoms with Crippen molar-refractivity contribution in [2.45, 2.75) is 44.6 Å². The zero-order valence-electron chi connectivity index (χ0n) is 14.9. The summed E-state index contributed by atoms with van der Waals surface area (Å²) in [5.74, 6) is 0.782. The Morgan fingerprint density at radius 2 is 1.60 bits per heavy atom. The Bertz CT molecular complexity index is 584. The molecule has 5 heteroatoms. The van der Waals surface area contributed by atoms with E-state index in [1.807, 2.05) is 40.1 Å². The van der Waals surface area contributed by atoms with Gasteiger partial charge in [-0.05, 0) is 30.7 Å². The number of benzene rings is 1. The minimum absolute atomic E-state index is 0.0451. The van der Waals surface area contributed by atoms with Crippen molar-refractivity contribution in [2.75, 3.05) is 26.2 Å². The van der Waals surface area contributed by atoms with Crippen molar-refractivity contribution in [3.63, 3.8) is 0 Å². The Morgan fingerprint density at radius 3 is 2.32 bits per heavy atom. The van der Waals surface area contributed by atoms with Crippen LogP contribution in [0.3, 0.4) is 0 Å². The molecule has 1 aromatic carbocycles. The van der Waals surface area contributed by atoms with E-state index in [0.29, 0.717) is 32.0 Å². The van der Waals surface area contributed by atoms with Gasteiger partial charge in [-0.1, -0.05) is 43.2 Å². The lowest BCUT2D eigenvalue weighted by Crippen LogP contribution is -2.41. The largest absolute Gasteiger partial charge is 0.341 e. The second kappa shape index (κ2) is 8.48. The molecule has 0 radical (unpaired) electrons. The second-order valence-electron chi connectivity index (χ2n) is 7.30. The Balaban J connectivity index is 1.53. The van der Waals surface area contributed by atoms with E-state index < -0.39 is 6.04 Å². The van der Waals surface area contributed by atoms with Crippen molar-refractivity contribution in [1.29, 1.82) is 0 Å². The molecule has 2 N–H and O–H groups in total. The molecule has 0 spiro atoms. The SMILES string of the molecule is NC(C(=O)N1CCCN(C(=O)CC2CCCC2)CC1)c1ccccc1. The van der Waals surface area contributed by atoms with Gasteiger partial charge in [0, 0.05) is 32.6 Å². The molecule has 2 fully saturated rings. The lowest BCUT2D eigenvalue weighted by molar-refractivity contribution is -0.134. The fraction of sp³-hybridized carbons (Fsp3) is 0.600. The third kappa shape index (κ3) is 4.60. The predicted octanol–water partition coefficient (Wildman–Crippen LogP) is 2.33. The summed E-state index contributed by atoms with van der Waals surface area (Å²) in [4.78, 5) is 29.0. The van der Waals surface area contributed by atoms with Gasteiger partial charge in [-0.3, -0.25) is 9.59 Å². The Kier molecular flexibility index (Phi) is 6.08. The smallest absolute Gasteiger partial charge is 0.244 e. The lowest BCUT2D eigenvalue weighted by Gasteiger charge is -2.25. The predicted molar refractivity (Wildman–Crippen MR) is 97.7 cm³/mol. The average molecular weight is 343 g/mol. The van der Waals surface area contributed by atoms with E-state index in [9.17, 15) is 9.59 Å². The molecule has 2 amide bonds. The molecule has 5 nitrogen and oxygen atoms in total. The molecule has 136 valence electrons. The molecule has 1 aliphatic carbocycles. The van der Waals surface area contributed by atoms with Crippen LogP contribution in [0.25, 0.3) is 0 Å². The molecular weight excluding hydrogens is 314 g/mol. The third-order valence-electron chi connectivity index (χ3n) is 5.52. The van der Waals surface area contributed by atoms with Crippen molar-refractivity contribution in [3.05, 3.63) is 35.9 Å². The quantitative estimate of drug-likeness (QED) is 0.912. The van der Waals surface area contributed by atoms with E-state index in [2.05, 4.69) is 0 Å². The molecule has 1 atom stereocenters. The van der Waals surface area contributed by atoms with E-state index in [-0.39, 0.29) is 11.8 Å². The number of hydrogen-bond acceptors (Lipinski definition) is 3. The summed E-state index contributed by atoms with van der Waals surface area (Å²) in [7, 11) is 0. The fourth-order valence-electron chi connectivity index (χ4n) is 3.98. The monoisotopic (exact) mass is 343 g/mol. The van der Waals surface area contributed by atoms with Crippen molar-refractivity contribution >= 4 is 11.8 Å². The van der Waals surface area contributed by atoms with Crippen LogP contribution in [0.5, 0.6) is 0 Å². The van der Waals surface area contributed by atoms with Crippen molar-refractivity contribution in [2.24, 2.45) is 11.7 Å². The van der Waals surface area contributed by atoms with Crippen LogP contribution >= 0.6 is 0 Å². The van der Waals surface area contributed by atoms with Gasteiger partial charge in [-0.15, -0.1) is 0 Å². The van der Waals surface area contributed by atoms with E-state index >= 15 is 0 Å². The molecule has 25 heavy (non-hydrogen) atoms. The Labute approximate surface area is 150 Å². The zero-order valence-corrected chi connectivity index (χ0v) is 14.9. The van der Waals surface area contributed by atoms with Gasteiger partial charge in [0.15, 0.2) is 0 Å². The van der Waals surface area contributed by atoms with Gasteiger partial charge in [0.25, 0.3) is 0 Å². The number of carbonyl (C=O) groups is 2. The van der Waals surface area contributed by atoms with Gasteiger partial charge in [-0.25, -0.2) is 0 Å². The first kappa shape index (κ1) is 17.9. The molecule has 3 rings (SSSR count). The third-order valence-corrected chi connectivity index (χ3v) is 5.52. The highest BCUT2D eigenvalue weighted by molar-refractivity contribution is 5.83. The summed E-state index contributed by atoms with van der Waals surface area (Å²) in [5, 5.41) is 0. The van der Waals surface area contributed by atoms with E-state index in [1.54, 1.807) is 0 Å². The van der Waals surface area contributed by atoms with Crippen LogP contribution in [-0.4, -0.2) is 47.8 Å². The number of carbonyl (C=O) groups excluding carboxylic acids is 2. The summed E-state index contributed by atoms with van der Waals surface area (Å²) < 4.78 is 0. The molecule has 1 saturated carbocycles. The van der Waals surface area contributed by atoms with Crippen LogP contribution in [0.2, 0.25) is 0 Å². The summed E-state index contributed by atoms with van der Waals surface area (Å²) in [5.41, 5.74) is 6.99. The molecule has 0 bridgehead atoms. The van der Waals surface area contributed by atoms with Crippen molar-refractivity contribution < 1.29 is 9.59 Å². The molecule has 1 heterocycles. The van der Waals surface area contributed by atoms with Gasteiger partial charge in [-0.2, -0.15) is 0 Å². The molecule has 1 aliphatic heterocycles. The number of rotatable bonds is 4. The van der Waals surface area contributed by atoms with Crippen molar-refractivity contribution in [3.8, 4) is 0 Å².